The molecule has 8 heteroatoms. The quantitative estimate of drug-likeness (QED) is 0.605. The summed E-state index contributed by atoms with van der Waals surface area (Å²) in [5.41, 5.74) is 5.23. The number of nitrogens with zero attached hydrogens (tertiary/aromatic N) is 2. The summed E-state index contributed by atoms with van der Waals surface area (Å²) in [5.74, 6) is -0.828. The van der Waals surface area contributed by atoms with Gasteiger partial charge in [-0.15, -0.1) is 0 Å². The zero-order valence-electron chi connectivity index (χ0n) is 10.1. The van der Waals surface area contributed by atoms with Crippen molar-refractivity contribution in [3.63, 3.8) is 0 Å². The van der Waals surface area contributed by atoms with E-state index in [0.717, 1.165) is 22.8 Å². The highest BCUT2D eigenvalue weighted by Crippen LogP contribution is 2.17. The van der Waals surface area contributed by atoms with Gasteiger partial charge in [0.1, 0.15) is 10.7 Å². The standard InChI is InChI=1S/C10H15FN4O2S/c1-7(3-10(12)13)15(2)18(16,17)9-4-8(11)5-14-6-9/h4-7H,3H2,1-2H3,(H3,12,13). The van der Waals surface area contributed by atoms with Crippen molar-refractivity contribution in [3.05, 3.63) is 24.3 Å². The molecule has 0 aliphatic heterocycles. The number of nitrogens with two attached hydrogens (primary N) is 1. The first-order chi connectivity index (χ1) is 8.25. The molecule has 0 fully saturated rings. The molecule has 0 aliphatic carbocycles. The van der Waals surface area contributed by atoms with Crippen molar-refractivity contribution >= 4 is 15.9 Å². The van der Waals surface area contributed by atoms with E-state index in [9.17, 15) is 12.8 Å². The van der Waals surface area contributed by atoms with Crippen LogP contribution in [0.1, 0.15) is 13.3 Å². The van der Waals surface area contributed by atoms with E-state index < -0.39 is 21.9 Å². The number of aromatic nitrogens is 1. The molecule has 1 unspecified atom stereocenters. The molecule has 1 rings (SSSR count). The molecule has 1 aromatic heterocycles. The molecule has 0 spiro atoms. The second-order valence-corrected chi connectivity index (χ2v) is 5.94. The fraction of sp³-hybridized carbons (Fsp3) is 0.400. The maximum absolute atomic E-state index is 13.0. The highest BCUT2D eigenvalue weighted by Gasteiger charge is 2.26. The van der Waals surface area contributed by atoms with Gasteiger partial charge in [0.15, 0.2) is 0 Å². The third-order valence-corrected chi connectivity index (χ3v) is 4.43. The highest BCUT2D eigenvalue weighted by atomic mass is 32.2. The monoisotopic (exact) mass is 274 g/mol. The maximum atomic E-state index is 13.0. The molecular formula is C10H15FN4O2S. The van der Waals surface area contributed by atoms with Gasteiger partial charge in [0, 0.05) is 25.7 Å². The van der Waals surface area contributed by atoms with Gasteiger partial charge < -0.3 is 5.73 Å². The Bertz CT molecular complexity index is 547. The average molecular weight is 274 g/mol. The normalized spacial score (nSPS) is 13.6. The third-order valence-electron chi connectivity index (χ3n) is 2.49. The number of hydrogen-bond acceptors (Lipinski definition) is 4. The summed E-state index contributed by atoms with van der Waals surface area (Å²) in [6.45, 7) is 1.62. The van der Waals surface area contributed by atoms with Crippen LogP contribution >= 0.6 is 0 Å². The number of hydrogen-bond donors (Lipinski definition) is 2. The molecule has 100 valence electrons. The van der Waals surface area contributed by atoms with E-state index in [0.29, 0.717) is 0 Å². The van der Waals surface area contributed by atoms with Gasteiger partial charge >= 0.3 is 0 Å². The van der Waals surface area contributed by atoms with Crippen molar-refractivity contribution < 1.29 is 12.8 Å². The largest absolute Gasteiger partial charge is 0.388 e. The molecule has 0 saturated heterocycles. The van der Waals surface area contributed by atoms with Gasteiger partial charge in [-0.1, -0.05) is 0 Å². The Morgan fingerprint density at radius 3 is 2.72 bits per heavy atom. The second kappa shape index (κ2) is 5.40. The van der Waals surface area contributed by atoms with Gasteiger partial charge in [-0.2, -0.15) is 4.31 Å². The topological polar surface area (TPSA) is 100 Å². The van der Waals surface area contributed by atoms with Crippen LogP contribution in [0.2, 0.25) is 0 Å². The minimum absolute atomic E-state index is 0.109. The number of amidine groups is 1. The van der Waals surface area contributed by atoms with Crippen LogP contribution in [0.3, 0.4) is 0 Å². The van der Waals surface area contributed by atoms with Crippen LogP contribution in [0, 0.1) is 11.2 Å². The van der Waals surface area contributed by atoms with E-state index in [4.69, 9.17) is 11.1 Å². The van der Waals surface area contributed by atoms with Crippen molar-refractivity contribution in [3.8, 4) is 0 Å². The molecule has 0 saturated carbocycles. The van der Waals surface area contributed by atoms with E-state index in [1.807, 2.05) is 0 Å². The summed E-state index contributed by atoms with van der Waals surface area (Å²) in [6, 6.07) is 0.412. The summed E-state index contributed by atoms with van der Waals surface area (Å²) < 4.78 is 38.2. The number of pyridine rings is 1. The Morgan fingerprint density at radius 2 is 2.22 bits per heavy atom. The first kappa shape index (κ1) is 14.5. The molecule has 1 aromatic rings. The molecule has 6 nitrogen and oxygen atoms in total. The van der Waals surface area contributed by atoms with Crippen molar-refractivity contribution in [2.75, 3.05) is 7.05 Å². The van der Waals surface area contributed by atoms with E-state index in [2.05, 4.69) is 4.98 Å². The Kier molecular flexibility index (Phi) is 4.36. The van der Waals surface area contributed by atoms with Gasteiger partial charge in [0.25, 0.3) is 0 Å². The maximum Gasteiger partial charge on any atom is 0.244 e. The highest BCUT2D eigenvalue weighted by molar-refractivity contribution is 7.89. The fourth-order valence-corrected chi connectivity index (χ4v) is 2.72. The molecule has 0 aromatic carbocycles. The van der Waals surface area contributed by atoms with E-state index in [-0.39, 0.29) is 17.2 Å². The third kappa shape index (κ3) is 3.23. The van der Waals surface area contributed by atoms with Crippen LogP contribution in [0.15, 0.2) is 23.4 Å². The van der Waals surface area contributed by atoms with Crippen LogP contribution in [-0.2, 0) is 10.0 Å². The van der Waals surface area contributed by atoms with Crippen LogP contribution in [-0.4, -0.2) is 36.6 Å². The summed E-state index contributed by atoms with van der Waals surface area (Å²) in [7, 11) is -2.47. The lowest BCUT2D eigenvalue weighted by molar-refractivity contribution is 0.395. The number of nitrogens with one attached hydrogen (secondary N) is 1. The zero-order chi connectivity index (χ0) is 13.9. The van der Waals surface area contributed by atoms with Gasteiger partial charge in [-0.25, -0.2) is 12.8 Å². The van der Waals surface area contributed by atoms with Crippen molar-refractivity contribution in [1.29, 1.82) is 5.41 Å². The van der Waals surface area contributed by atoms with Crippen molar-refractivity contribution in [2.24, 2.45) is 5.73 Å². The lowest BCUT2D eigenvalue weighted by atomic mass is 10.2. The molecule has 1 heterocycles. The summed E-state index contributed by atoms with van der Waals surface area (Å²) in [4.78, 5) is 3.28. The zero-order valence-corrected chi connectivity index (χ0v) is 10.9. The first-order valence-corrected chi connectivity index (χ1v) is 6.60. The van der Waals surface area contributed by atoms with Gasteiger partial charge in [-0.05, 0) is 13.0 Å². The van der Waals surface area contributed by atoms with Gasteiger partial charge in [0.2, 0.25) is 10.0 Å². The molecule has 18 heavy (non-hydrogen) atoms. The van der Waals surface area contributed by atoms with Crippen LogP contribution in [0.5, 0.6) is 0 Å². The molecule has 1 atom stereocenters. The Morgan fingerprint density at radius 1 is 1.61 bits per heavy atom. The lowest BCUT2D eigenvalue weighted by Gasteiger charge is -2.23. The second-order valence-electron chi connectivity index (χ2n) is 3.94. The minimum atomic E-state index is -3.83. The van der Waals surface area contributed by atoms with Gasteiger partial charge in [0.05, 0.1) is 12.0 Å². The summed E-state index contributed by atoms with van der Waals surface area (Å²) in [6.07, 6.45) is 2.12. The molecule has 0 bridgehead atoms. The van der Waals surface area contributed by atoms with Crippen molar-refractivity contribution in [1.82, 2.24) is 9.29 Å². The van der Waals surface area contributed by atoms with Crippen LogP contribution in [0.25, 0.3) is 0 Å². The molecule has 3 N–H and O–H groups in total. The Balaban J connectivity index is 3.03. The van der Waals surface area contributed by atoms with Crippen molar-refractivity contribution in [2.45, 2.75) is 24.3 Å². The molecule has 0 aliphatic rings. The fourth-order valence-electron chi connectivity index (χ4n) is 1.38. The summed E-state index contributed by atoms with van der Waals surface area (Å²) in [5, 5.41) is 7.15. The lowest BCUT2D eigenvalue weighted by Crippen LogP contribution is -2.37. The summed E-state index contributed by atoms with van der Waals surface area (Å²) >= 11 is 0. The smallest absolute Gasteiger partial charge is 0.244 e. The van der Waals surface area contributed by atoms with E-state index >= 15 is 0 Å². The van der Waals surface area contributed by atoms with Gasteiger partial charge in [-0.3, -0.25) is 10.4 Å². The number of halogens is 1. The van der Waals surface area contributed by atoms with Crippen LogP contribution in [0.4, 0.5) is 4.39 Å². The minimum Gasteiger partial charge on any atom is -0.388 e. The van der Waals surface area contributed by atoms with E-state index in [1.54, 1.807) is 6.92 Å². The van der Waals surface area contributed by atoms with E-state index in [1.165, 1.54) is 7.05 Å². The number of rotatable bonds is 5. The SMILES string of the molecule is CC(CC(=N)N)N(C)S(=O)(=O)c1cncc(F)c1. The predicted octanol–water partition coefficient (Wildman–Crippen LogP) is 0.556. The molecule has 0 radical (unpaired) electrons. The predicted molar refractivity (Wildman–Crippen MR) is 65.1 cm³/mol. The van der Waals surface area contributed by atoms with Crippen LogP contribution < -0.4 is 5.73 Å². The Labute approximate surface area is 105 Å². The molecular weight excluding hydrogens is 259 g/mol. The molecule has 0 amide bonds. The number of sulfonamides is 1. The average Bonchev–Trinajstić information content (AvgIpc) is 2.27. The Hall–Kier alpha value is -1.54. The first-order valence-electron chi connectivity index (χ1n) is 5.16.